The molecule has 5 rings (SSSR count). The number of halogens is 4. The first-order valence-electron chi connectivity index (χ1n) is 9.53. The Labute approximate surface area is 174 Å². The van der Waals surface area contributed by atoms with E-state index >= 15 is 0 Å². The lowest BCUT2D eigenvalue weighted by molar-refractivity contribution is 0.0177. The number of hydrogen-bond acceptors (Lipinski definition) is 4. The van der Waals surface area contributed by atoms with Crippen LogP contribution in [-0.4, -0.2) is 18.6 Å². The van der Waals surface area contributed by atoms with Crippen molar-refractivity contribution >= 4 is 27.6 Å². The summed E-state index contributed by atoms with van der Waals surface area (Å²) in [7, 11) is 0. The third kappa shape index (κ3) is 2.99. The van der Waals surface area contributed by atoms with E-state index in [9.17, 15) is 13.2 Å². The summed E-state index contributed by atoms with van der Waals surface area (Å²) in [6.45, 7) is 0. The van der Waals surface area contributed by atoms with Crippen LogP contribution in [0.4, 0.5) is 18.9 Å². The number of nitrogens with two attached hydrogens (primary N) is 1. The highest BCUT2D eigenvalue weighted by Crippen LogP contribution is 2.56. The Bertz CT molecular complexity index is 1010. The fourth-order valence-corrected chi connectivity index (χ4v) is 5.07. The molecule has 8 heteroatoms. The second-order valence-corrected chi connectivity index (χ2v) is 8.76. The van der Waals surface area contributed by atoms with Crippen LogP contribution >= 0.6 is 15.9 Å². The molecule has 4 atom stereocenters. The van der Waals surface area contributed by atoms with Gasteiger partial charge in [-0.2, -0.15) is 0 Å². The average molecular weight is 466 g/mol. The first kappa shape index (κ1) is 18.8. The summed E-state index contributed by atoms with van der Waals surface area (Å²) < 4.78 is 49.6. The first-order valence-corrected chi connectivity index (χ1v) is 10.3. The molecule has 0 unspecified atom stereocenters. The molecule has 2 aliphatic carbocycles. The zero-order chi connectivity index (χ0) is 20.3. The number of benzene rings is 2. The van der Waals surface area contributed by atoms with Gasteiger partial charge in [0.15, 0.2) is 5.54 Å². The van der Waals surface area contributed by atoms with Gasteiger partial charge in [0.25, 0.3) is 12.4 Å². The molecule has 29 heavy (non-hydrogen) atoms. The summed E-state index contributed by atoms with van der Waals surface area (Å²) in [5.41, 5.74) is 6.49. The zero-order valence-corrected chi connectivity index (χ0v) is 16.9. The second kappa shape index (κ2) is 6.65. The van der Waals surface area contributed by atoms with Crippen LogP contribution in [0.3, 0.4) is 0 Å². The van der Waals surface area contributed by atoms with Gasteiger partial charge in [0.1, 0.15) is 11.9 Å². The van der Waals surface area contributed by atoms with E-state index in [1.165, 1.54) is 23.3 Å². The molecular weight excluding hydrogens is 447 g/mol. The summed E-state index contributed by atoms with van der Waals surface area (Å²) >= 11 is 3.48. The average Bonchev–Trinajstić information content (AvgIpc) is 3.35. The van der Waals surface area contributed by atoms with Crippen LogP contribution in [0.15, 0.2) is 45.9 Å². The number of nitrogens with zero attached hydrogens (tertiary/aromatic N) is 1. The highest BCUT2D eigenvalue weighted by Gasteiger charge is 2.64. The van der Waals surface area contributed by atoms with E-state index in [4.69, 9.17) is 10.5 Å². The number of hydrogen-bond donors (Lipinski definition) is 2. The van der Waals surface area contributed by atoms with Gasteiger partial charge in [-0.05, 0) is 60.7 Å². The Balaban J connectivity index is 1.51. The summed E-state index contributed by atoms with van der Waals surface area (Å²) in [5.74, 6) is -1.29. The van der Waals surface area contributed by atoms with Crippen molar-refractivity contribution in [3.05, 3.63) is 63.4 Å². The Morgan fingerprint density at radius 1 is 1.24 bits per heavy atom. The van der Waals surface area contributed by atoms with E-state index in [1.807, 2.05) is 12.1 Å². The number of amidine groups is 1. The number of alkyl halides is 2. The fourth-order valence-electron chi connectivity index (χ4n) is 4.66. The molecule has 1 saturated carbocycles. The summed E-state index contributed by atoms with van der Waals surface area (Å²) in [5, 5.41) is 3.38. The Kier molecular flexibility index (Phi) is 4.31. The van der Waals surface area contributed by atoms with E-state index in [0.29, 0.717) is 12.1 Å². The van der Waals surface area contributed by atoms with Crippen molar-refractivity contribution in [2.45, 2.75) is 43.4 Å². The summed E-state index contributed by atoms with van der Waals surface area (Å²) in [6, 6.07) is 10.1. The van der Waals surface area contributed by atoms with E-state index in [0.717, 1.165) is 17.3 Å². The van der Waals surface area contributed by atoms with Crippen LogP contribution in [-0.2, 0) is 16.7 Å². The molecule has 1 aliphatic heterocycles. The predicted molar refractivity (Wildman–Crippen MR) is 108 cm³/mol. The van der Waals surface area contributed by atoms with Crippen LogP contribution in [0.2, 0.25) is 0 Å². The van der Waals surface area contributed by atoms with Gasteiger partial charge >= 0.3 is 0 Å². The van der Waals surface area contributed by atoms with Crippen molar-refractivity contribution in [1.82, 2.24) is 0 Å². The van der Waals surface area contributed by atoms with Crippen molar-refractivity contribution in [3.8, 4) is 0 Å². The Morgan fingerprint density at radius 2 is 2.07 bits per heavy atom. The lowest BCUT2D eigenvalue weighted by Crippen LogP contribution is -2.43. The third-order valence-corrected chi connectivity index (χ3v) is 6.61. The standard InChI is InChI=1S/C21H19BrF3N3O/c22-11-2-4-13-10(7-11)1-6-17(13)27-12-3-5-16(23)14(8-12)21(19(24)25)15-9-18(15)29-20(26)28-21/h2-5,7-8,15,17-19,27H,1,6,9H2,(H2,26,28)/t15-,17+,18+,21+/m0/s1. The Morgan fingerprint density at radius 3 is 2.86 bits per heavy atom. The summed E-state index contributed by atoms with van der Waals surface area (Å²) in [6.07, 6.45) is -1.14. The van der Waals surface area contributed by atoms with Crippen LogP contribution in [0.25, 0.3) is 0 Å². The molecule has 0 radical (unpaired) electrons. The molecule has 0 amide bonds. The summed E-state index contributed by atoms with van der Waals surface area (Å²) in [4.78, 5) is 3.93. The molecule has 2 aromatic carbocycles. The van der Waals surface area contributed by atoms with Gasteiger partial charge in [0, 0.05) is 21.6 Å². The molecule has 0 spiro atoms. The minimum atomic E-state index is -2.89. The number of nitrogens with one attached hydrogen (secondary N) is 1. The van der Waals surface area contributed by atoms with Crippen LogP contribution in [0.5, 0.6) is 0 Å². The van der Waals surface area contributed by atoms with Crippen molar-refractivity contribution in [1.29, 1.82) is 0 Å². The number of fused-ring (bicyclic) bond motifs is 2. The smallest absolute Gasteiger partial charge is 0.283 e. The van der Waals surface area contributed by atoms with Crippen molar-refractivity contribution in [2.24, 2.45) is 16.6 Å². The topological polar surface area (TPSA) is 59.6 Å². The van der Waals surface area contributed by atoms with Gasteiger partial charge in [-0.1, -0.05) is 22.0 Å². The minimum Gasteiger partial charge on any atom is -0.462 e. The number of ether oxygens (including phenoxy) is 1. The zero-order valence-electron chi connectivity index (χ0n) is 15.3. The van der Waals surface area contributed by atoms with Crippen LogP contribution < -0.4 is 11.1 Å². The molecular formula is C21H19BrF3N3O. The molecule has 4 nitrogen and oxygen atoms in total. The molecule has 1 fully saturated rings. The molecule has 0 bridgehead atoms. The van der Waals surface area contributed by atoms with Gasteiger partial charge in [0.2, 0.25) is 0 Å². The number of aliphatic imine (C=N–C) groups is 1. The molecule has 152 valence electrons. The highest BCUT2D eigenvalue weighted by atomic mass is 79.9. The van der Waals surface area contributed by atoms with Gasteiger partial charge in [0.05, 0.1) is 6.04 Å². The maximum Gasteiger partial charge on any atom is 0.283 e. The van der Waals surface area contributed by atoms with Crippen molar-refractivity contribution in [2.75, 3.05) is 5.32 Å². The van der Waals surface area contributed by atoms with Crippen LogP contribution in [0, 0.1) is 11.7 Å². The fraction of sp³-hybridized carbons (Fsp3) is 0.381. The van der Waals surface area contributed by atoms with Crippen molar-refractivity contribution in [3.63, 3.8) is 0 Å². The number of aryl methyl sites for hydroxylation is 1. The lowest BCUT2D eigenvalue weighted by Gasteiger charge is -2.33. The largest absolute Gasteiger partial charge is 0.462 e. The maximum atomic E-state index is 14.8. The quantitative estimate of drug-likeness (QED) is 0.676. The molecule has 2 aromatic rings. The maximum absolute atomic E-state index is 14.8. The monoisotopic (exact) mass is 465 g/mol. The molecule has 3 N–H and O–H groups in total. The van der Waals surface area contributed by atoms with Gasteiger partial charge in [-0.3, -0.25) is 0 Å². The SMILES string of the molecule is NC1=N[C@@](c2cc(N[C@@H]3CCc4cc(Br)ccc43)ccc2F)(C(F)F)[C@H]2C[C@H]2O1. The highest BCUT2D eigenvalue weighted by molar-refractivity contribution is 9.10. The molecule has 0 saturated heterocycles. The third-order valence-electron chi connectivity index (χ3n) is 6.12. The minimum absolute atomic E-state index is 0.0378. The van der Waals surface area contributed by atoms with E-state index < -0.39 is 29.8 Å². The molecule has 1 heterocycles. The van der Waals surface area contributed by atoms with E-state index in [-0.39, 0.29) is 17.6 Å². The van der Waals surface area contributed by atoms with E-state index in [2.05, 4.69) is 32.3 Å². The second-order valence-electron chi connectivity index (χ2n) is 7.85. The molecule has 3 aliphatic rings. The number of anilines is 1. The van der Waals surface area contributed by atoms with Crippen LogP contribution in [0.1, 0.15) is 35.6 Å². The lowest BCUT2D eigenvalue weighted by atomic mass is 9.84. The normalized spacial score (nSPS) is 29.7. The first-order chi connectivity index (χ1) is 13.9. The number of rotatable bonds is 4. The van der Waals surface area contributed by atoms with Gasteiger partial charge in [-0.25, -0.2) is 18.2 Å². The van der Waals surface area contributed by atoms with Gasteiger partial charge < -0.3 is 15.8 Å². The molecule has 0 aromatic heterocycles. The van der Waals surface area contributed by atoms with E-state index in [1.54, 1.807) is 6.07 Å². The van der Waals surface area contributed by atoms with Crippen molar-refractivity contribution < 1.29 is 17.9 Å². The predicted octanol–water partition coefficient (Wildman–Crippen LogP) is 4.88. The van der Waals surface area contributed by atoms with Gasteiger partial charge in [-0.15, -0.1) is 0 Å². The Hall–Kier alpha value is -2.22.